The minimum absolute atomic E-state index is 0.0340. The number of aromatic nitrogens is 2. The minimum atomic E-state index is -3.60. The van der Waals surface area contributed by atoms with E-state index in [1.54, 1.807) is 11.4 Å². The fraction of sp³-hybridized carbons (Fsp3) is 0.125. The summed E-state index contributed by atoms with van der Waals surface area (Å²) >= 11 is 7.10. The van der Waals surface area contributed by atoms with Crippen LogP contribution in [-0.2, 0) is 10.0 Å². The van der Waals surface area contributed by atoms with E-state index in [4.69, 9.17) is 11.6 Å². The van der Waals surface area contributed by atoms with Crippen LogP contribution < -0.4 is 15.6 Å². The molecule has 3 rings (SSSR count). The van der Waals surface area contributed by atoms with Crippen molar-refractivity contribution >= 4 is 38.6 Å². The van der Waals surface area contributed by atoms with Crippen LogP contribution in [0.15, 0.2) is 50.9 Å². The van der Waals surface area contributed by atoms with Crippen LogP contribution in [0.2, 0.25) is 5.02 Å². The largest absolute Gasteiger partial charge is 0.381 e. The summed E-state index contributed by atoms with van der Waals surface area (Å²) in [4.78, 5) is 12.3. The highest BCUT2D eigenvalue weighted by Crippen LogP contribution is 2.18. The van der Waals surface area contributed by atoms with Crippen molar-refractivity contribution in [3.8, 4) is 5.69 Å². The van der Waals surface area contributed by atoms with Crippen LogP contribution in [0.25, 0.3) is 5.69 Å². The fourth-order valence-electron chi connectivity index (χ4n) is 2.25. The first-order chi connectivity index (χ1) is 13.3. The number of nitrogens with one attached hydrogen (secondary N) is 2. The maximum Gasteiger partial charge on any atom is 0.292 e. The summed E-state index contributed by atoms with van der Waals surface area (Å²) in [5, 5.41) is 8.00. The summed E-state index contributed by atoms with van der Waals surface area (Å²) in [5.74, 6) is -1.75. The van der Waals surface area contributed by atoms with Gasteiger partial charge in [-0.2, -0.15) is 9.78 Å². The number of halogens is 3. The Morgan fingerprint density at radius 3 is 2.68 bits per heavy atom. The van der Waals surface area contributed by atoms with Gasteiger partial charge in [-0.3, -0.25) is 4.79 Å². The van der Waals surface area contributed by atoms with E-state index in [-0.39, 0.29) is 33.7 Å². The van der Waals surface area contributed by atoms with E-state index in [0.29, 0.717) is 10.7 Å². The lowest BCUT2D eigenvalue weighted by Crippen LogP contribution is -2.29. The second-order valence-corrected chi connectivity index (χ2v) is 8.76. The van der Waals surface area contributed by atoms with E-state index in [1.807, 2.05) is 0 Å². The van der Waals surface area contributed by atoms with Crippen LogP contribution in [-0.4, -0.2) is 31.3 Å². The Morgan fingerprint density at radius 2 is 2.00 bits per heavy atom. The van der Waals surface area contributed by atoms with Gasteiger partial charge in [-0.15, -0.1) is 11.3 Å². The molecule has 0 saturated carbocycles. The quantitative estimate of drug-likeness (QED) is 0.544. The lowest BCUT2D eigenvalue weighted by molar-refractivity contribution is 0.570. The highest BCUT2D eigenvalue weighted by Gasteiger charge is 2.16. The van der Waals surface area contributed by atoms with E-state index < -0.39 is 27.2 Å². The van der Waals surface area contributed by atoms with Crippen LogP contribution >= 0.6 is 22.9 Å². The predicted octanol–water partition coefficient (Wildman–Crippen LogP) is 2.62. The number of hydrogen-bond donors (Lipinski definition) is 2. The number of sulfonamides is 1. The third kappa shape index (κ3) is 4.38. The summed E-state index contributed by atoms with van der Waals surface area (Å²) in [6.07, 6.45) is 1.19. The van der Waals surface area contributed by atoms with Gasteiger partial charge in [-0.25, -0.2) is 21.9 Å². The number of hydrogen-bond acceptors (Lipinski definition) is 6. The Hall–Kier alpha value is -2.34. The molecule has 3 aromatic rings. The van der Waals surface area contributed by atoms with Gasteiger partial charge in [-0.05, 0) is 23.6 Å². The Bertz CT molecular complexity index is 1150. The van der Waals surface area contributed by atoms with Gasteiger partial charge in [0.05, 0.1) is 11.9 Å². The molecule has 0 bridgehead atoms. The maximum absolute atomic E-state index is 13.9. The van der Waals surface area contributed by atoms with Gasteiger partial charge >= 0.3 is 0 Å². The normalized spacial score (nSPS) is 11.5. The van der Waals surface area contributed by atoms with Crippen LogP contribution in [0.4, 0.5) is 14.5 Å². The van der Waals surface area contributed by atoms with Gasteiger partial charge in [0, 0.05) is 19.2 Å². The number of rotatable bonds is 7. The van der Waals surface area contributed by atoms with E-state index in [9.17, 15) is 22.0 Å². The van der Waals surface area contributed by atoms with Crippen molar-refractivity contribution in [3.63, 3.8) is 0 Å². The van der Waals surface area contributed by atoms with Crippen molar-refractivity contribution in [2.75, 3.05) is 18.4 Å². The molecule has 2 heterocycles. The molecule has 0 spiro atoms. The van der Waals surface area contributed by atoms with Crippen molar-refractivity contribution in [1.29, 1.82) is 0 Å². The summed E-state index contributed by atoms with van der Waals surface area (Å²) in [6.45, 7) is 0.159. The average molecular weight is 447 g/mol. The molecule has 0 unspecified atom stereocenters. The Labute approximate surface area is 167 Å². The number of benzene rings is 1. The zero-order chi connectivity index (χ0) is 20.3. The number of anilines is 1. The van der Waals surface area contributed by atoms with Gasteiger partial charge in [0.2, 0.25) is 10.0 Å². The molecule has 0 aliphatic carbocycles. The van der Waals surface area contributed by atoms with Crippen molar-refractivity contribution in [1.82, 2.24) is 14.5 Å². The number of nitrogens with zero attached hydrogens (tertiary/aromatic N) is 2. The minimum Gasteiger partial charge on any atom is -0.381 e. The Kier molecular flexibility index (Phi) is 6.08. The molecule has 0 radical (unpaired) electrons. The maximum atomic E-state index is 13.9. The van der Waals surface area contributed by atoms with Crippen molar-refractivity contribution < 1.29 is 17.2 Å². The first-order valence-corrected chi connectivity index (χ1v) is 10.5. The topological polar surface area (TPSA) is 93.1 Å². The third-order valence-electron chi connectivity index (χ3n) is 3.55. The van der Waals surface area contributed by atoms with E-state index in [0.717, 1.165) is 23.5 Å². The van der Waals surface area contributed by atoms with Gasteiger partial charge in [0.25, 0.3) is 5.56 Å². The lowest BCUT2D eigenvalue weighted by Gasteiger charge is -2.11. The van der Waals surface area contributed by atoms with Crippen LogP contribution in [0, 0.1) is 11.6 Å². The Morgan fingerprint density at radius 1 is 1.21 bits per heavy atom. The molecule has 2 N–H and O–H groups in total. The van der Waals surface area contributed by atoms with Crippen LogP contribution in [0.5, 0.6) is 0 Å². The first-order valence-electron chi connectivity index (χ1n) is 7.80. The molecule has 2 aromatic heterocycles. The molecule has 1 aromatic carbocycles. The summed E-state index contributed by atoms with van der Waals surface area (Å²) < 4.78 is 54.2. The summed E-state index contributed by atoms with van der Waals surface area (Å²) in [5.41, 5.74) is -0.902. The molecular weight excluding hydrogens is 434 g/mol. The smallest absolute Gasteiger partial charge is 0.292 e. The molecule has 28 heavy (non-hydrogen) atoms. The highest BCUT2D eigenvalue weighted by molar-refractivity contribution is 7.91. The van der Waals surface area contributed by atoms with E-state index in [2.05, 4.69) is 15.1 Å². The number of thiophene rings is 1. The first kappa shape index (κ1) is 20.4. The van der Waals surface area contributed by atoms with Gasteiger partial charge in [0.1, 0.15) is 20.7 Å². The second kappa shape index (κ2) is 8.35. The summed E-state index contributed by atoms with van der Waals surface area (Å²) in [7, 11) is -3.60. The zero-order valence-electron chi connectivity index (χ0n) is 14.0. The molecule has 0 atom stereocenters. The molecule has 0 aliphatic rings. The summed E-state index contributed by atoms with van der Waals surface area (Å²) in [6, 6.07) is 5.80. The van der Waals surface area contributed by atoms with Gasteiger partial charge < -0.3 is 5.32 Å². The van der Waals surface area contributed by atoms with Gasteiger partial charge in [-0.1, -0.05) is 17.7 Å². The van der Waals surface area contributed by atoms with Crippen molar-refractivity contribution in [2.45, 2.75) is 4.21 Å². The van der Waals surface area contributed by atoms with Gasteiger partial charge in [0.15, 0.2) is 5.82 Å². The molecule has 0 fully saturated rings. The Balaban J connectivity index is 1.69. The average Bonchev–Trinajstić information content (AvgIpc) is 3.19. The molecule has 7 nitrogen and oxygen atoms in total. The fourth-order valence-corrected chi connectivity index (χ4v) is 4.52. The molecule has 0 amide bonds. The van der Waals surface area contributed by atoms with Crippen LogP contribution in [0.3, 0.4) is 0 Å². The second-order valence-electron chi connectivity index (χ2n) is 5.44. The lowest BCUT2D eigenvalue weighted by atomic mass is 10.3. The SMILES string of the molecule is O=c1c(Cl)c(NCCNS(=O)(=O)c2cccs2)cnn1-c1ccc(F)cc1F. The zero-order valence-corrected chi connectivity index (χ0v) is 16.4. The van der Waals surface area contributed by atoms with E-state index >= 15 is 0 Å². The standard InChI is InChI=1S/C16H13ClF2N4O3S2/c17-15-12(20-5-6-22-28(25,26)14-2-1-7-27-14)9-21-23(16(15)24)13-4-3-10(18)8-11(13)19/h1-4,7-9,20,22H,5-6H2. The molecule has 0 saturated heterocycles. The molecular formula is C16H13ClF2N4O3S2. The molecule has 12 heteroatoms. The van der Waals surface area contributed by atoms with Crippen LogP contribution in [0.1, 0.15) is 0 Å². The monoisotopic (exact) mass is 446 g/mol. The molecule has 148 valence electrons. The highest BCUT2D eigenvalue weighted by atomic mass is 35.5. The predicted molar refractivity (Wildman–Crippen MR) is 103 cm³/mol. The van der Waals surface area contributed by atoms with E-state index in [1.165, 1.54) is 12.3 Å². The molecule has 0 aliphatic heterocycles. The third-order valence-corrected chi connectivity index (χ3v) is 6.77. The van der Waals surface area contributed by atoms with Crippen molar-refractivity contribution in [3.05, 3.63) is 68.9 Å². The van der Waals surface area contributed by atoms with Crippen molar-refractivity contribution in [2.24, 2.45) is 0 Å².